The molecule has 1 aliphatic rings. The number of hydrogen-bond acceptors (Lipinski definition) is 4. The van der Waals surface area contributed by atoms with Crippen molar-refractivity contribution in [2.45, 2.75) is 13.8 Å². The number of aromatic nitrogens is 1. The van der Waals surface area contributed by atoms with E-state index in [0.29, 0.717) is 6.61 Å². The van der Waals surface area contributed by atoms with Gasteiger partial charge in [-0.25, -0.2) is 4.98 Å². The van der Waals surface area contributed by atoms with Gasteiger partial charge in [-0.1, -0.05) is 0 Å². The second-order valence-corrected chi connectivity index (χ2v) is 3.97. The van der Waals surface area contributed by atoms with Crippen LogP contribution in [0.25, 0.3) is 0 Å². The molecule has 96 valence electrons. The van der Waals surface area contributed by atoms with E-state index in [2.05, 4.69) is 15.2 Å². The van der Waals surface area contributed by atoms with Crippen LogP contribution in [0.2, 0.25) is 0 Å². The molecule has 17 heavy (non-hydrogen) atoms. The maximum absolute atomic E-state index is 5.54. The fourth-order valence-corrected chi connectivity index (χ4v) is 1.93. The van der Waals surface area contributed by atoms with Gasteiger partial charge in [0.1, 0.15) is 11.6 Å². The van der Waals surface area contributed by atoms with Crippen LogP contribution >= 0.6 is 12.4 Å². The highest BCUT2D eigenvalue weighted by Gasteiger charge is 2.12. The summed E-state index contributed by atoms with van der Waals surface area (Å²) in [6, 6.07) is 4.01. The molecule has 0 aromatic carbocycles. The molecular formula is C12H20ClN3O. The zero-order chi connectivity index (χ0) is 11.4. The van der Waals surface area contributed by atoms with E-state index in [4.69, 9.17) is 4.74 Å². The first kappa shape index (κ1) is 14.1. The Morgan fingerprint density at radius 2 is 2.06 bits per heavy atom. The Morgan fingerprint density at radius 1 is 1.35 bits per heavy atom. The summed E-state index contributed by atoms with van der Waals surface area (Å²) in [6.07, 6.45) is 0. The molecule has 1 aliphatic heterocycles. The number of piperazine rings is 1. The highest BCUT2D eigenvalue weighted by atomic mass is 35.5. The Labute approximate surface area is 109 Å². The van der Waals surface area contributed by atoms with Gasteiger partial charge in [-0.15, -0.1) is 12.4 Å². The van der Waals surface area contributed by atoms with Gasteiger partial charge >= 0.3 is 0 Å². The van der Waals surface area contributed by atoms with E-state index in [1.807, 2.05) is 26.0 Å². The van der Waals surface area contributed by atoms with Gasteiger partial charge in [0.25, 0.3) is 0 Å². The monoisotopic (exact) mass is 257 g/mol. The summed E-state index contributed by atoms with van der Waals surface area (Å²) in [5, 5.41) is 3.34. The van der Waals surface area contributed by atoms with E-state index in [0.717, 1.165) is 43.4 Å². The first-order valence-electron chi connectivity index (χ1n) is 5.86. The summed E-state index contributed by atoms with van der Waals surface area (Å²) in [5.41, 5.74) is 1.01. The number of hydrogen-bond donors (Lipinski definition) is 1. The number of nitrogens with one attached hydrogen (secondary N) is 1. The minimum absolute atomic E-state index is 0. The van der Waals surface area contributed by atoms with E-state index in [-0.39, 0.29) is 12.4 Å². The van der Waals surface area contributed by atoms with E-state index < -0.39 is 0 Å². The molecule has 1 N–H and O–H groups in total. The lowest BCUT2D eigenvalue weighted by Crippen LogP contribution is -2.43. The van der Waals surface area contributed by atoms with Gasteiger partial charge in [0.2, 0.25) is 0 Å². The molecular weight excluding hydrogens is 238 g/mol. The third kappa shape index (κ3) is 3.75. The van der Waals surface area contributed by atoms with Gasteiger partial charge in [-0.05, 0) is 13.8 Å². The number of halogens is 1. The molecule has 0 saturated carbocycles. The van der Waals surface area contributed by atoms with Crippen molar-refractivity contribution in [1.29, 1.82) is 0 Å². The maximum atomic E-state index is 5.54. The smallest absolute Gasteiger partial charge is 0.132 e. The molecule has 0 radical (unpaired) electrons. The molecule has 2 heterocycles. The van der Waals surface area contributed by atoms with Crippen LogP contribution in [-0.4, -0.2) is 37.8 Å². The fourth-order valence-electron chi connectivity index (χ4n) is 1.93. The Hall–Kier alpha value is -1.00. The first-order chi connectivity index (χ1) is 7.79. The van der Waals surface area contributed by atoms with Crippen LogP contribution in [0, 0.1) is 6.92 Å². The van der Waals surface area contributed by atoms with Crippen LogP contribution in [0.4, 0.5) is 5.82 Å². The average Bonchev–Trinajstić information content (AvgIpc) is 2.30. The largest absolute Gasteiger partial charge is 0.494 e. The summed E-state index contributed by atoms with van der Waals surface area (Å²) in [6.45, 7) is 8.79. The predicted molar refractivity (Wildman–Crippen MR) is 72.5 cm³/mol. The Bertz CT molecular complexity index is 354. The van der Waals surface area contributed by atoms with E-state index in [1.54, 1.807) is 0 Å². The summed E-state index contributed by atoms with van der Waals surface area (Å²) >= 11 is 0. The molecule has 0 bridgehead atoms. The van der Waals surface area contributed by atoms with Gasteiger partial charge in [0, 0.05) is 44.0 Å². The zero-order valence-corrected chi connectivity index (χ0v) is 11.2. The molecule has 4 nitrogen and oxygen atoms in total. The van der Waals surface area contributed by atoms with Gasteiger partial charge in [0.05, 0.1) is 6.61 Å². The Kier molecular flexibility index (Phi) is 5.51. The lowest BCUT2D eigenvalue weighted by molar-refractivity contribution is 0.339. The molecule has 0 atom stereocenters. The normalized spacial score (nSPS) is 15.3. The van der Waals surface area contributed by atoms with E-state index in [9.17, 15) is 0 Å². The third-order valence-electron chi connectivity index (χ3n) is 2.67. The van der Waals surface area contributed by atoms with Crippen LogP contribution in [0.3, 0.4) is 0 Å². The number of anilines is 1. The lowest BCUT2D eigenvalue weighted by atomic mass is 10.3. The standard InChI is InChI=1S/C12H19N3O.ClH/c1-3-16-11-8-10(2)14-12(9-11)15-6-4-13-5-7-15;/h8-9,13H,3-7H2,1-2H3;1H. The van der Waals surface area contributed by atoms with Crippen molar-refractivity contribution < 1.29 is 4.74 Å². The third-order valence-corrected chi connectivity index (χ3v) is 2.67. The first-order valence-corrected chi connectivity index (χ1v) is 5.86. The maximum Gasteiger partial charge on any atom is 0.132 e. The molecule has 1 aromatic heterocycles. The number of rotatable bonds is 3. The summed E-state index contributed by atoms with van der Waals surface area (Å²) in [4.78, 5) is 6.86. The molecule has 1 saturated heterocycles. The van der Waals surface area contributed by atoms with Crippen molar-refractivity contribution in [3.63, 3.8) is 0 Å². The topological polar surface area (TPSA) is 37.4 Å². The summed E-state index contributed by atoms with van der Waals surface area (Å²) in [7, 11) is 0. The molecule has 2 rings (SSSR count). The second kappa shape index (κ2) is 6.67. The quantitative estimate of drug-likeness (QED) is 0.893. The van der Waals surface area contributed by atoms with E-state index in [1.165, 1.54) is 0 Å². The van der Waals surface area contributed by atoms with Crippen molar-refractivity contribution in [2.75, 3.05) is 37.7 Å². The average molecular weight is 258 g/mol. The Morgan fingerprint density at radius 3 is 2.71 bits per heavy atom. The van der Waals surface area contributed by atoms with Crippen LogP contribution in [0.1, 0.15) is 12.6 Å². The number of aryl methyl sites for hydroxylation is 1. The molecule has 1 fully saturated rings. The van der Waals surface area contributed by atoms with Gasteiger partial charge in [0.15, 0.2) is 0 Å². The number of pyridine rings is 1. The molecule has 0 unspecified atom stereocenters. The van der Waals surface area contributed by atoms with Crippen molar-refractivity contribution in [3.05, 3.63) is 17.8 Å². The summed E-state index contributed by atoms with van der Waals surface area (Å²) < 4.78 is 5.54. The van der Waals surface area contributed by atoms with Crippen LogP contribution in [0.5, 0.6) is 5.75 Å². The number of ether oxygens (including phenoxy) is 1. The highest BCUT2D eigenvalue weighted by Crippen LogP contribution is 2.20. The SMILES string of the molecule is CCOc1cc(C)nc(N2CCNCC2)c1.Cl. The van der Waals surface area contributed by atoms with Crippen molar-refractivity contribution in [2.24, 2.45) is 0 Å². The molecule has 5 heteroatoms. The minimum atomic E-state index is 0. The van der Waals surface area contributed by atoms with Crippen molar-refractivity contribution in [1.82, 2.24) is 10.3 Å². The zero-order valence-electron chi connectivity index (χ0n) is 10.4. The van der Waals surface area contributed by atoms with Gasteiger partial charge in [-0.3, -0.25) is 0 Å². The van der Waals surface area contributed by atoms with Crippen molar-refractivity contribution >= 4 is 18.2 Å². The van der Waals surface area contributed by atoms with Crippen molar-refractivity contribution in [3.8, 4) is 5.75 Å². The van der Waals surface area contributed by atoms with Crippen LogP contribution in [-0.2, 0) is 0 Å². The fraction of sp³-hybridized carbons (Fsp3) is 0.583. The molecule has 0 spiro atoms. The molecule has 0 amide bonds. The molecule has 0 aliphatic carbocycles. The van der Waals surface area contributed by atoms with Gasteiger partial charge in [-0.2, -0.15) is 0 Å². The second-order valence-electron chi connectivity index (χ2n) is 3.97. The predicted octanol–water partition coefficient (Wildman–Crippen LogP) is 1.62. The number of nitrogens with zero attached hydrogens (tertiary/aromatic N) is 2. The Balaban J connectivity index is 0.00000144. The summed E-state index contributed by atoms with van der Waals surface area (Å²) in [5.74, 6) is 1.95. The minimum Gasteiger partial charge on any atom is -0.494 e. The van der Waals surface area contributed by atoms with Gasteiger partial charge < -0.3 is 15.0 Å². The highest BCUT2D eigenvalue weighted by molar-refractivity contribution is 5.85. The van der Waals surface area contributed by atoms with Crippen LogP contribution < -0.4 is 15.0 Å². The van der Waals surface area contributed by atoms with Crippen LogP contribution in [0.15, 0.2) is 12.1 Å². The molecule has 1 aromatic rings. The lowest BCUT2D eigenvalue weighted by Gasteiger charge is -2.28. The van der Waals surface area contributed by atoms with E-state index >= 15 is 0 Å².